The number of carbonyl (C=O) groups excluding carboxylic acids is 1. The van der Waals surface area contributed by atoms with Gasteiger partial charge in [-0.15, -0.1) is 24.9 Å². The van der Waals surface area contributed by atoms with Crippen LogP contribution in [-0.4, -0.2) is 122 Å². The first-order valence-electron chi connectivity index (χ1n) is 42.4. The van der Waals surface area contributed by atoms with Crippen molar-refractivity contribution in [3.8, 4) is 63.4 Å². The van der Waals surface area contributed by atoms with Crippen molar-refractivity contribution >= 4 is 138 Å². The molecule has 0 atom stereocenters. The first kappa shape index (κ1) is 104. The standard InChI is InChI=1S/C21H13F6N5O.C19H12Cl2F3N5O.C19H14F3N5S.C19H12F2N6O.C18H10F6N6/c22-20(23,24)12-4-6-13(7-5-12)29-15-10-11(19(28)33)9-14(30-15)17-18(21(25,26)27)31-16-3-1-2-8-32(16)17;1-10-26-15-6-13(20)14(21)7-16(15)29(10)18-9-25-8-17(28-18)27-11-2-4-12(5-3-11)30-19(22,23)24;1-28-18-17(27-9-3-2-4-16(27)26-18)14-10-23-11-15(25-14)24-13-7-5-12(6-8-13)19(20,21)22;20-19(21)28-13-7-5-12(6-8-13)24-16-10-23-11-18(26-16)27-15-4-2-1-3-14(15)25-17(27)9-22;19-17(20,21)10-4-5-12(26-7-10)28-13-9-25-8-11(27-13)15-16(18(22,23)24)29-14-3-1-2-6-30(14)15/h1-10H,(H2,28,33)(H,29,30);2-9H,1H3,(H,27,28);2-11H,1H3,(H,24,25);1-8,10-11,19H,(H,24,26);1-9H,(H,26,27,28). The number of hydrogen-bond donors (Lipinski definition) is 6. The SMILES string of the molecule is CSc1nc2ccccn2c1-c1cncc(Nc2ccc(C(F)(F)F)cc2)n1.Cc1nc2cc(Cl)c(Cl)cc2n1-c1cncc(Nc2ccc(OC(F)(F)F)cc2)n1.FC(F)(F)c1ccc(Nc2cncc(-c3c(C(F)(F)F)nc4ccccn34)n2)nc1.N#Cc1nc2ccccc2n1-c1cncc(Nc2ccc(OC(F)F)cc2)n1.NC(=O)c1cc(Nc2ccc(C(F)(F)F)cc2)nc(-c2c(C(F)(F)F)nc3ccccn23)c1. The number of anilines is 10. The second-order valence-corrected chi connectivity index (χ2v) is 32.4. The summed E-state index contributed by atoms with van der Waals surface area (Å²) in [4.78, 5) is 74.4. The molecular formula is C96H61Cl2F20N27O3S. The van der Waals surface area contributed by atoms with Crippen molar-refractivity contribution < 1.29 is 102 Å². The molecule has 7 N–H and O–H groups in total. The van der Waals surface area contributed by atoms with Crippen LogP contribution in [0.2, 0.25) is 10.0 Å². The number of ether oxygens (including phenoxy) is 2. The highest BCUT2D eigenvalue weighted by Crippen LogP contribution is 2.43. The van der Waals surface area contributed by atoms with Crippen LogP contribution in [0.3, 0.4) is 0 Å². The maximum Gasteiger partial charge on any atom is 0.573 e. The number of primary amides is 1. The number of alkyl halides is 20. The average Bonchev–Trinajstić information content (AvgIpc) is 1.60. The number of para-hydroxylation sites is 2. The molecule has 0 fully saturated rings. The van der Waals surface area contributed by atoms with Gasteiger partial charge in [-0.3, -0.25) is 47.1 Å². The van der Waals surface area contributed by atoms with Gasteiger partial charge in [0.1, 0.15) is 91.3 Å². The molecule has 0 spiro atoms. The van der Waals surface area contributed by atoms with Crippen LogP contribution in [-0.2, 0) is 30.9 Å². The van der Waals surface area contributed by atoms with E-state index in [-0.39, 0.29) is 74.4 Å². The molecule has 30 nitrogen and oxygen atoms in total. The number of carbonyl (C=O) groups is 1. The number of nitrogens with two attached hydrogens (primary N) is 1. The molecule has 758 valence electrons. The molecule has 0 unspecified atom stereocenters. The molecule has 6 aromatic carbocycles. The highest BCUT2D eigenvalue weighted by atomic mass is 35.5. The van der Waals surface area contributed by atoms with Gasteiger partial charge in [-0.05, 0) is 195 Å². The van der Waals surface area contributed by atoms with Crippen LogP contribution in [0.25, 0.3) is 84.8 Å². The fourth-order valence-corrected chi connectivity index (χ4v) is 15.2. The third-order valence-corrected chi connectivity index (χ3v) is 22.0. The summed E-state index contributed by atoms with van der Waals surface area (Å²) in [6, 6.07) is 51.5. The first-order valence-corrected chi connectivity index (χ1v) is 44.4. The van der Waals surface area contributed by atoms with Crippen LogP contribution in [0, 0.1) is 18.3 Å². The Balaban J connectivity index is 0.000000133. The molecule has 53 heteroatoms. The van der Waals surface area contributed by atoms with E-state index >= 15 is 0 Å². The molecule has 0 saturated carbocycles. The van der Waals surface area contributed by atoms with Gasteiger partial charge in [0.25, 0.3) is 0 Å². The van der Waals surface area contributed by atoms with E-state index in [1.165, 1.54) is 138 Å². The zero-order valence-electron chi connectivity index (χ0n) is 75.1. The number of aromatic nitrogens is 20. The number of thioether (sulfide) groups is 1. The van der Waals surface area contributed by atoms with Crippen LogP contribution < -0.4 is 41.8 Å². The molecule has 0 saturated heterocycles. The predicted octanol–water partition coefficient (Wildman–Crippen LogP) is 25.6. The lowest BCUT2D eigenvalue weighted by Gasteiger charge is -2.13. The lowest BCUT2D eigenvalue weighted by molar-refractivity contribution is -0.274. The number of halogens is 22. The largest absolute Gasteiger partial charge is 0.573 e. The van der Waals surface area contributed by atoms with E-state index in [0.717, 1.165) is 87.1 Å². The Morgan fingerprint density at radius 2 is 0.832 bits per heavy atom. The van der Waals surface area contributed by atoms with Crippen molar-refractivity contribution in [3.05, 3.63) is 342 Å². The minimum Gasteiger partial charge on any atom is -0.435 e. The highest BCUT2D eigenvalue weighted by molar-refractivity contribution is 7.98. The number of fused-ring (bicyclic) bond motifs is 5. The monoisotopic (exact) mass is 2120 g/mol. The van der Waals surface area contributed by atoms with Crippen LogP contribution in [0.5, 0.6) is 11.5 Å². The summed E-state index contributed by atoms with van der Waals surface area (Å²) in [7, 11) is 0. The molecule has 14 heterocycles. The summed E-state index contributed by atoms with van der Waals surface area (Å²) < 4.78 is 273. The number of nitrogens with zero attached hydrogens (tertiary/aromatic N) is 21. The summed E-state index contributed by atoms with van der Waals surface area (Å²) in [5, 5.41) is 25.3. The fourth-order valence-electron chi connectivity index (χ4n) is 14.3. The molecule has 149 heavy (non-hydrogen) atoms. The second kappa shape index (κ2) is 43.1. The van der Waals surface area contributed by atoms with Gasteiger partial charge in [-0.2, -0.15) is 79.9 Å². The molecule has 0 bridgehead atoms. The van der Waals surface area contributed by atoms with Crippen LogP contribution >= 0.6 is 35.0 Å². The highest BCUT2D eigenvalue weighted by Gasteiger charge is 2.42. The maximum atomic E-state index is 13.7. The van der Waals surface area contributed by atoms with Gasteiger partial charge in [0.05, 0.1) is 104 Å². The summed E-state index contributed by atoms with van der Waals surface area (Å²) in [5.41, 5.74) is 6.05. The molecule has 14 aromatic heterocycles. The molecule has 20 rings (SSSR count). The van der Waals surface area contributed by atoms with Crippen LogP contribution in [0.15, 0.2) is 292 Å². The number of nitrogens with one attached hydrogen (secondary N) is 5. The van der Waals surface area contributed by atoms with E-state index in [9.17, 15) is 97.9 Å². The second-order valence-electron chi connectivity index (χ2n) is 30.8. The van der Waals surface area contributed by atoms with Crippen molar-refractivity contribution in [2.45, 2.75) is 55.8 Å². The Kier molecular flexibility index (Phi) is 30.1. The minimum atomic E-state index is -4.83. The van der Waals surface area contributed by atoms with Crippen LogP contribution in [0.4, 0.5) is 145 Å². The topological polar surface area (TPSA) is 362 Å². The Bertz CT molecular complexity index is 8300. The van der Waals surface area contributed by atoms with Crippen LogP contribution in [0.1, 0.15) is 50.1 Å². The quantitative estimate of drug-likeness (QED) is 0.0305. The number of amides is 1. The number of nitriles is 1. The zero-order chi connectivity index (χ0) is 106. The lowest BCUT2D eigenvalue weighted by Crippen LogP contribution is -2.16. The smallest absolute Gasteiger partial charge is 0.435 e. The van der Waals surface area contributed by atoms with Crippen molar-refractivity contribution in [1.29, 1.82) is 5.26 Å². The molecule has 0 aliphatic rings. The van der Waals surface area contributed by atoms with E-state index in [4.69, 9.17) is 28.9 Å². The summed E-state index contributed by atoms with van der Waals surface area (Å²) >= 11 is 13.7. The van der Waals surface area contributed by atoms with Gasteiger partial charge in [-0.25, -0.2) is 54.8 Å². The van der Waals surface area contributed by atoms with E-state index in [2.05, 4.69) is 117 Å². The molecular weight excluding hydrogens is 2060 g/mol. The number of hydrogen-bond acceptors (Lipinski definition) is 25. The van der Waals surface area contributed by atoms with E-state index in [1.807, 2.05) is 66.2 Å². The van der Waals surface area contributed by atoms with Crippen molar-refractivity contribution in [2.75, 3.05) is 32.8 Å². The van der Waals surface area contributed by atoms with Crippen molar-refractivity contribution in [1.82, 2.24) is 97.1 Å². The molecule has 0 radical (unpaired) electrons. The molecule has 0 aliphatic heterocycles. The van der Waals surface area contributed by atoms with Gasteiger partial charge in [0.15, 0.2) is 40.5 Å². The minimum absolute atomic E-state index is 0.00114. The Morgan fingerprint density at radius 1 is 0.403 bits per heavy atom. The lowest BCUT2D eigenvalue weighted by atomic mass is 10.1. The van der Waals surface area contributed by atoms with Gasteiger partial charge in [-0.1, -0.05) is 53.5 Å². The normalized spacial score (nSPS) is 11.8. The summed E-state index contributed by atoms with van der Waals surface area (Å²) in [6.07, 6.45) is -8.94. The zero-order valence-corrected chi connectivity index (χ0v) is 77.5. The molecule has 1 amide bonds. The number of imidazole rings is 5. The van der Waals surface area contributed by atoms with Crippen molar-refractivity contribution in [3.63, 3.8) is 0 Å². The van der Waals surface area contributed by atoms with Gasteiger partial charge < -0.3 is 41.8 Å². The van der Waals surface area contributed by atoms with Gasteiger partial charge in [0.2, 0.25) is 11.7 Å². The number of aryl methyl sites for hydroxylation is 1. The maximum absolute atomic E-state index is 13.7. The van der Waals surface area contributed by atoms with Crippen molar-refractivity contribution in [2.24, 2.45) is 5.73 Å². The van der Waals surface area contributed by atoms with Gasteiger partial charge >= 0.3 is 43.9 Å². The van der Waals surface area contributed by atoms with E-state index < -0.39 is 83.5 Å². The van der Waals surface area contributed by atoms with E-state index in [0.29, 0.717) is 90.5 Å². The fraction of sp³-hybridized carbons (Fsp3) is 0.0938. The summed E-state index contributed by atoms with van der Waals surface area (Å²) in [6.45, 7) is -1.07. The molecule has 0 aliphatic carbocycles. The van der Waals surface area contributed by atoms with E-state index in [1.54, 1.807) is 57.9 Å². The number of rotatable bonds is 20. The Morgan fingerprint density at radius 3 is 1.31 bits per heavy atom. The summed E-state index contributed by atoms with van der Waals surface area (Å²) in [5.74, 6) is 1.72. The Labute approximate surface area is 837 Å². The number of pyridine rings is 5. The number of benzene rings is 6. The molecule has 20 aromatic rings. The van der Waals surface area contributed by atoms with Gasteiger partial charge in [0, 0.05) is 53.1 Å². The third-order valence-electron chi connectivity index (χ3n) is 20.7. The first-order chi connectivity index (χ1) is 70.8. The Hall–Kier alpha value is -18.0. The predicted molar refractivity (Wildman–Crippen MR) is 509 cm³/mol. The average molecular weight is 2120 g/mol. The third kappa shape index (κ3) is 25.2.